The predicted molar refractivity (Wildman–Crippen MR) is 52.8 cm³/mol. The molecule has 0 spiro atoms. The number of pyridine rings is 1. The molecular formula is C10H14N2O2. The SMILES string of the molecule is CCOC(C)c1ccc(C(N)=O)cn1. The lowest BCUT2D eigenvalue weighted by Crippen LogP contribution is -2.12. The monoisotopic (exact) mass is 194 g/mol. The number of carbonyl (C=O) groups is 1. The lowest BCUT2D eigenvalue weighted by Gasteiger charge is -2.10. The first kappa shape index (κ1) is 10.7. The van der Waals surface area contributed by atoms with Gasteiger partial charge in [0, 0.05) is 12.8 Å². The molecule has 1 amide bonds. The van der Waals surface area contributed by atoms with Crippen molar-refractivity contribution in [2.75, 3.05) is 6.61 Å². The van der Waals surface area contributed by atoms with E-state index < -0.39 is 5.91 Å². The van der Waals surface area contributed by atoms with Gasteiger partial charge in [-0.25, -0.2) is 0 Å². The quantitative estimate of drug-likeness (QED) is 0.785. The molecule has 76 valence electrons. The molecule has 0 fully saturated rings. The van der Waals surface area contributed by atoms with Gasteiger partial charge in [-0.1, -0.05) is 0 Å². The van der Waals surface area contributed by atoms with Crippen molar-refractivity contribution in [3.63, 3.8) is 0 Å². The minimum atomic E-state index is -0.465. The molecule has 0 radical (unpaired) electrons. The zero-order chi connectivity index (χ0) is 10.6. The molecule has 1 aromatic heterocycles. The van der Waals surface area contributed by atoms with Crippen molar-refractivity contribution in [3.05, 3.63) is 29.6 Å². The number of amides is 1. The fourth-order valence-electron chi connectivity index (χ4n) is 1.13. The normalized spacial score (nSPS) is 12.4. The average Bonchev–Trinajstić information content (AvgIpc) is 2.18. The number of rotatable bonds is 4. The molecule has 0 aliphatic rings. The molecule has 0 aromatic carbocycles. The Kier molecular flexibility index (Phi) is 3.59. The number of nitrogens with zero attached hydrogens (tertiary/aromatic N) is 1. The highest BCUT2D eigenvalue weighted by Crippen LogP contribution is 2.13. The van der Waals surface area contributed by atoms with E-state index in [2.05, 4.69) is 4.98 Å². The fraction of sp³-hybridized carbons (Fsp3) is 0.400. The van der Waals surface area contributed by atoms with Gasteiger partial charge in [0.2, 0.25) is 5.91 Å². The number of primary amides is 1. The topological polar surface area (TPSA) is 65.2 Å². The molecule has 1 atom stereocenters. The summed E-state index contributed by atoms with van der Waals surface area (Å²) >= 11 is 0. The Morgan fingerprint density at radius 3 is 2.79 bits per heavy atom. The summed E-state index contributed by atoms with van der Waals surface area (Å²) in [5.41, 5.74) is 6.31. The van der Waals surface area contributed by atoms with E-state index >= 15 is 0 Å². The average molecular weight is 194 g/mol. The van der Waals surface area contributed by atoms with Crippen LogP contribution in [0.4, 0.5) is 0 Å². The molecule has 4 heteroatoms. The lowest BCUT2D eigenvalue weighted by atomic mass is 10.2. The van der Waals surface area contributed by atoms with Gasteiger partial charge < -0.3 is 10.5 Å². The summed E-state index contributed by atoms with van der Waals surface area (Å²) in [6, 6.07) is 3.40. The smallest absolute Gasteiger partial charge is 0.250 e. The second kappa shape index (κ2) is 4.72. The van der Waals surface area contributed by atoms with Crippen molar-refractivity contribution in [2.45, 2.75) is 20.0 Å². The Morgan fingerprint density at radius 1 is 1.64 bits per heavy atom. The van der Waals surface area contributed by atoms with Crippen LogP contribution in [0.15, 0.2) is 18.3 Å². The maximum absolute atomic E-state index is 10.8. The van der Waals surface area contributed by atoms with Crippen molar-refractivity contribution in [1.82, 2.24) is 4.98 Å². The standard InChI is InChI=1S/C10H14N2O2/c1-3-14-7(2)9-5-4-8(6-12-9)10(11)13/h4-7H,3H2,1-2H3,(H2,11,13). The van der Waals surface area contributed by atoms with Gasteiger partial charge in [0.1, 0.15) is 0 Å². The molecule has 2 N–H and O–H groups in total. The first-order valence-corrected chi connectivity index (χ1v) is 4.52. The second-order valence-corrected chi connectivity index (χ2v) is 2.93. The first-order chi connectivity index (χ1) is 6.65. The van der Waals surface area contributed by atoms with Crippen LogP contribution in [-0.4, -0.2) is 17.5 Å². The van der Waals surface area contributed by atoms with Crippen molar-refractivity contribution in [1.29, 1.82) is 0 Å². The van der Waals surface area contributed by atoms with Crippen molar-refractivity contribution >= 4 is 5.91 Å². The van der Waals surface area contributed by atoms with Crippen LogP contribution in [-0.2, 0) is 4.74 Å². The summed E-state index contributed by atoms with van der Waals surface area (Å²) in [6.45, 7) is 4.48. The number of carbonyl (C=O) groups excluding carboxylic acids is 1. The molecule has 14 heavy (non-hydrogen) atoms. The minimum absolute atomic E-state index is 0.0538. The zero-order valence-corrected chi connectivity index (χ0v) is 8.36. The van der Waals surface area contributed by atoms with E-state index in [4.69, 9.17) is 10.5 Å². The van der Waals surface area contributed by atoms with Gasteiger partial charge >= 0.3 is 0 Å². The molecule has 4 nitrogen and oxygen atoms in total. The van der Waals surface area contributed by atoms with E-state index in [1.54, 1.807) is 12.1 Å². The number of aromatic nitrogens is 1. The molecule has 0 saturated heterocycles. The summed E-state index contributed by atoms with van der Waals surface area (Å²) in [5, 5.41) is 0. The van der Waals surface area contributed by atoms with Crippen LogP contribution >= 0.6 is 0 Å². The van der Waals surface area contributed by atoms with E-state index in [0.717, 1.165) is 5.69 Å². The van der Waals surface area contributed by atoms with E-state index in [9.17, 15) is 4.79 Å². The maximum Gasteiger partial charge on any atom is 0.250 e. The highest BCUT2D eigenvalue weighted by atomic mass is 16.5. The fourth-order valence-corrected chi connectivity index (χ4v) is 1.13. The molecule has 0 saturated carbocycles. The third kappa shape index (κ3) is 2.53. The summed E-state index contributed by atoms with van der Waals surface area (Å²) in [6.07, 6.45) is 1.41. The van der Waals surface area contributed by atoms with Crippen LogP contribution in [0.2, 0.25) is 0 Å². The largest absolute Gasteiger partial charge is 0.373 e. The Hall–Kier alpha value is -1.42. The predicted octanol–water partition coefficient (Wildman–Crippen LogP) is 1.28. The Bertz CT molecular complexity index is 308. The summed E-state index contributed by atoms with van der Waals surface area (Å²) < 4.78 is 5.35. The van der Waals surface area contributed by atoms with Gasteiger partial charge in [0.05, 0.1) is 17.4 Å². The third-order valence-corrected chi connectivity index (χ3v) is 1.90. The molecular weight excluding hydrogens is 180 g/mol. The Labute approximate surface area is 83.1 Å². The molecule has 1 rings (SSSR count). The van der Waals surface area contributed by atoms with Crippen LogP contribution in [0.3, 0.4) is 0 Å². The van der Waals surface area contributed by atoms with Crippen LogP contribution < -0.4 is 5.73 Å². The lowest BCUT2D eigenvalue weighted by molar-refractivity contribution is 0.0733. The van der Waals surface area contributed by atoms with Gasteiger partial charge in [-0.05, 0) is 26.0 Å². The molecule has 0 bridgehead atoms. The van der Waals surface area contributed by atoms with Crippen LogP contribution in [0.25, 0.3) is 0 Å². The van der Waals surface area contributed by atoms with Crippen molar-refractivity contribution in [2.24, 2.45) is 5.73 Å². The van der Waals surface area contributed by atoms with Gasteiger partial charge in [0.15, 0.2) is 0 Å². The molecule has 0 aliphatic carbocycles. The van der Waals surface area contributed by atoms with E-state index in [1.807, 2.05) is 13.8 Å². The van der Waals surface area contributed by atoms with Crippen LogP contribution in [0, 0.1) is 0 Å². The van der Waals surface area contributed by atoms with Gasteiger partial charge in [0.25, 0.3) is 0 Å². The minimum Gasteiger partial charge on any atom is -0.373 e. The number of nitrogens with two attached hydrogens (primary N) is 1. The zero-order valence-electron chi connectivity index (χ0n) is 8.36. The van der Waals surface area contributed by atoms with Gasteiger partial charge in [-0.3, -0.25) is 9.78 Å². The van der Waals surface area contributed by atoms with Crippen LogP contribution in [0.5, 0.6) is 0 Å². The third-order valence-electron chi connectivity index (χ3n) is 1.90. The summed E-state index contributed by atoms with van der Waals surface area (Å²) in [5.74, 6) is -0.465. The van der Waals surface area contributed by atoms with Crippen LogP contribution in [0.1, 0.15) is 36.0 Å². The number of hydrogen-bond donors (Lipinski definition) is 1. The summed E-state index contributed by atoms with van der Waals surface area (Å²) in [7, 11) is 0. The van der Waals surface area contributed by atoms with E-state index in [1.165, 1.54) is 6.20 Å². The molecule has 1 heterocycles. The Balaban J connectivity index is 2.77. The van der Waals surface area contributed by atoms with E-state index in [-0.39, 0.29) is 6.10 Å². The second-order valence-electron chi connectivity index (χ2n) is 2.93. The van der Waals surface area contributed by atoms with Gasteiger partial charge in [-0.2, -0.15) is 0 Å². The maximum atomic E-state index is 10.8. The highest BCUT2D eigenvalue weighted by Gasteiger charge is 2.07. The van der Waals surface area contributed by atoms with Gasteiger partial charge in [-0.15, -0.1) is 0 Å². The molecule has 0 aliphatic heterocycles. The highest BCUT2D eigenvalue weighted by molar-refractivity contribution is 5.92. The summed E-state index contributed by atoms with van der Waals surface area (Å²) in [4.78, 5) is 14.9. The van der Waals surface area contributed by atoms with Crippen molar-refractivity contribution < 1.29 is 9.53 Å². The molecule has 1 aromatic rings. The Morgan fingerprint density at radius 2 is 2.36 bits per heavy atom. The van der Waals surface area contributed by atoms with Crippen molar-refractivity contribution in [3.8, 4) is 0 Å². The number of hydrogen-bond acceptors (Lipinski definition) is 3. The number of ether oxygens (including phenoxy) is 1. The molecule has 1 unspecified atom stereocenters. The van der Waals surface area contributed by atoms with E-state index in [0.29, 0.717) is 12.2 Å². The first-order valence-electron chi connectivity index (χ1n) is 4.52.